The van der Waals surface area contributed by atoms with Crippen LogP contribution in [0.5, 0.6) is 0 Å². The zero-order chi connectivity index (χ0) is 12.8. The first kappa shape index (κ1) is 13.2. The smallest absolute Gasteiger partial charge is 0.150 e. The van der Waals surface area contributed by atoms with Crippen molar-refractivity contribution < 1.29 is 9.18 Å². The normalized spacial score (nSPS) is 10.1. The van der Waals surface area contributed by atoms with Gasteiger partial charge in [0.15, 0.2) is 0 Å². The molecule has 0 N–H and O–H groups in total. The number of hydrogen-bond donors (Lipinski definition) is 0. The Morgan fingerprint density at radius 1 is 1.47 bits per heavy atom. The molecule has 0 saturated heterocycles. The summed E-state index contributed by atoms with van der Waals surface area (Å²) in [6, 6.07) is 6.41. The van der Waals surface area contributed by atoms with E-state index in [9.17, 15) is 9.18 Å². The van der Waals surface area contributed by atoms with Crippen molar-refractivity contribution in [2.75, 3.05) is 11.4 Å². The molecule has 0 heterocycles. The summed E-state index contributed by atoms with van der Waals surface area (Å²) in [6.07, 6.45) is 0.987. The lowest BCUT2D eigenvalue weighted by Crippen LogP contribution is -2.31. The fourth-order valence-corrected chi connectivity index (χ4v) is 1.69. The fraction of sp³-hybridized carbons (Fsp3) is 0.385. The molecule has 0 aliphatic carbocycles. The minimum Gasteiger partial charge on any atom is -0.368 e. The van der Waals surface area contributed by atoms with Gasteiger partial charge in [-0.15, -0.1) is 0 Å². The van der Waals surface area contributed by atoms with Crippen molar-refractivity contribution >= 4 is 12.0 Å². The first-order valence-electron chi connectivity index (χ1n) is 5.48. The van der Waals surface area contributed by atoms with E-state index in [2.05, 4.69) is 6.07 Å². The van der Waals surface area contributed by atoms with E-state index in [1.807, 2.05) is 18.7 Å². The van der Waals surface area contributed by atoms with Gasteiger partial charge in [0, 0.05) is 23.8 Å². The van der Waals surface area contributed by atoms with Gasteiger partial charge in [0.05, 0.1) is 12.5 Å². The van der Waals surface area contributed by atoms with Crippen LogP contribution in [0.1, 0.15) is 30.6 Å². The van der Waals surface area contributed by atoms with Crippen molar-refractivity contribution in [1.29, 1.82) is 5.26 Å². The van der Waals surface area contributed by atoms with E-state index in [4.69, 9.17) is 5.26 Å². The van der Waals surface area contributed by atoms with Crippen LogP contribution in [0.15, 0.2) is 18.2 Å². The maximum atomic E-state index is 13.3. The molecule has 0 aliphatic heterocycles. The van der Waals surface area contributed by atoms with Crippen LogP contribution in [0.3, 0.4) is 0 Å². The van der Waals surface area contributed by atoms with Gasteiger partial charge in [-0.25, -0.2) is 4.39 Å². The van der Waals surface area contributed by atoms with Gasteiger partial charge in [-0.05, 0) is 32.0 Å². The third kappa shape index (κ3) is 3.56. The van der Waals surface area contributed by atoms with Gasteiger partial charge in [-0.1, -0.05) is 0 Å². The second kappa shape index (κ2) is 6.00. The van der Waals surface area contributed by atoms with Crippen molar-refractivity contribution in [2.24, 2.45) is 0 Å². The minimum atomic E-state index is -0.438. The van der Waals surface area contributed by atoms with Gasteiger partial charge >= 0.3 is 0 Å². The van der Waals surface area contributed by atoms with E-state index in [1.54, 1.807) is 6.07 Å². The molecular weight excluding hydrogens is 219 g/mol. The summed E-state index contributed by atoms with van der Waals surface area (Å²) in [5.74, 6) is -0.438. The first-order chi connectivity index (χ1) is 8.08. The largest absolute Gasteiger partial charge is 0.368 e. The number of nitriles is 1. The van der Waals surface area contributed by atoms with Crippen LogP contribution in [0.2, 0.25) is 0 Å². The second-order valence-electron chi connectivity index (χ2n) is 4.06. The maximum absolute atomic E-state index is 13.3. The van der Waals surface area contributed by atoms with Crippen LogP contribution in [0.4, 0.5) is 10.1 Å². The molecular formula is C13H15FN2O. The molecule has 0 radical (unpaired) electrons. The molecule has 0 bridgehead atoms. The molecule has 0 aromatic heterocycles. The van der Waals surface area contributed by atoms with E-state index < -0.39 is 5.82 Å². The van der Waals surface area contributed by atoms with Gasteiger partial charge in [0.25, 0.3) is 0 Å². The van der Waals surface area contributed by atoms with Crippen LogP contribution in [0.25, 0.3) is 0 Å². The number of aldehydes is 1. The Kier molecular flexibility index (Phi) is 4.65. The third-order valence-electron chi connectivity index (χ3n) is 2.46. The van der Waals surface area contributed by atoms with Crippen LogP contribution in [-0.2, 0) is 0 Å². The Bertz CT molecular complexity index is 438. The predicted molar refractivity (Wildman–Crippen MR) is 64.5 cm³/mol. The molecule has 90 valence electrons. The van der Waals surface area contributed by atoms with Gasteiger partial charge in [-0.3, -0.25) is 4.79 Å². The molecule has 0 saturated carbocycles. The quantitative estimate of drug-likeness (QED) is 0.736. The molecule has 0 aliphatic rings. The van der Waals surface area contributed by atoms with Crippen molar-refractivity contribution in [1.82, 2.24) is 0 Å². The number of hydrogen-bond acceptors (Lipinski definition) is 3. The lowest BCUT2D eigenvalue weighted by atomic mass is 10.1. The standard InChI is InChI=1S/C13H15FN2O/c1-10(2)16(5-3-4-15)13-7-11(9-17)6-12(14)8-13/h6-10H,3,5H2,1-2H3. The third-order valence-corrected chi connectivity index (χ3v) is 2.46. The summed E-state index contributed by atoms with van der Waals surface area (Å²) in [5.41, 5.74) is 0.944. The number of anilines is 1. The SMILES string of the molecule is CC(C)N(CCC#N)c1cc(F)cc(C=O)c1. The Labute approximate surface area is 100 Å². The Hall–Kier alpha value is -1.89. The van der Waals surface area contributed by atoms with Gasteiger partial charge in [0.1, 0.15) is 12.1 Å². The second-order valence-corrected chi connectivity index (χ2v) is 4.06. The summed E-state index contributed by atoms with van der Waals surface area (Å²) in [4.78, 5) is 12.6. The Balaban J connectivity index is 3.05. The van der Waals surface area contributed by atoms with Crippen LogP contribution in [-0.4, -0.2) is 18.9 Å². The first-order valence-corrected chi connectivity index (χ1v) is 5.48. The average Bonchev–Trinajstić information content (AvgIpc) is 2.28. The van der Waals surface area contributed by atoms with Crippen molar-refractivity contribution in [3.63, 3.8) is 0 Å². The minimum absolute atomic E-state index is 0.143. The van der Waals surface area contributed by atoms with E-state index in [0.717, 1.165) is 0 Å². The highest BCUT2D eigenvalue weighted by atomic mass is 19.1. The summed E-state index contributed by atoms with van der Waals surface area (Å²) < 4.78 is 13.3. The lowest BCUT2D eigenvalue weighted by molar-refractivity contribution is 0.112. The number of benzene rings is 1. The lowest BCUT2D eigenvalue weighted by Gasteiger charge is -2.28. The Morgan fingerprint density at radius 2 is 2.18 bits per heavy atom. The molecule has 0 fully saturated rings. The molecule has 0 spiro atoms. The van der Waals surface area contributed by atoms with E-state index in [-0.39, 0.29) is 6.04 Å². The molecule has 0 atom stereocenters. The molecule has 17 heavy (non-hydrogen) atoms. The topological polar surface area (TPSA) is 44.1 Å². The van der Waals surface area contributed by atoms with Crippen LogP contribution < -0.4 is 4.90 Å². The molecule has 4 heteroatoms. The van der Waals surface area contributed by atoms with E-state index in [1.165, 1.54) is 12.1 Å². The Morgan fingerprint density at radius 3 is 2.71 bits per heavy atom. The fourth-order valence-electron chi connectivity index (χ4n) is 1.69. The number of halogens is 1. The molecule has 1 rings (SSSR count). The van der Waals surface area contributed by atoms with Crippen LogP contribution >= 0.6 is 0 Å². The predicted octanol–water partition coefficient (Wildman–Crippen LogP) is 2.77. The summed E-state index contributed by atoms with van der Waals surface area (Å²) >= 11 is 0. The monoisotopic (exact) mass is 234 g/mol. The summed E-state index contributed by atoms with van der Waals surface area (Å²) in [6.45, 7) is 4.45. The molecule has 1 aromatic carbocycles. The number of carbonyl (C=O) groups is 1. The van der Waals surface area contributed by atoms with Crippen molar-refractivity contribution in [2.45, 2.75) is 26.3 Å². The molecule has 0 amide bonds. The number of rotatable bonds is 5. The van der Waals surface area contributed by atoms with Crippen molar-refractivity contribution in [3.05, 3.63) is 29.6 Å². The van der Waals surface area contributed by atoms with E-state index in [0.29, 0.717) is 30.5 Å². The zero-order valence-electron chi connectivity index (χ0n) is 9.98. The number of carbonyl (C=O) groups excluding carboxylic acids is 1. The van der Waals surface area contributed by atoms with Crippen molar-refractivity contribution in [3.8, 4) is 6.07 Å². The highest BCUT2D eigenvalue weighted by Crippen LogP contribution is 2.20. The maximum Gasteiger partial charge on any atom is 0.150 e. The molecule has 3 nitrogen and oxygen atoms in total. The average molecular weight is 234 g/mol. The van der Waals surface area contributed by atoms with Gasteiger partial charge < -0.3 is 4.90 Å². The van der Waals surface area contributed by atoms with E-state index >= 15 is 0 Å². The number of nitrogens with zero attached hydrogens (tertiary/aromatic N) is 2. The summed E-state index contributed by atoms with van der Waals surface area (Å²) in [7, 11) is 0. The van der Waals surface area contributed by atoms with Gasteiger partial charge in [0.2, 0.25) is 0 Å². The highest BCUT2D eigenvalue weighted by molar-refractivity contribution is 5.77. The van der Waals surface area contributed by atoms with Gasteiger partial charge in [-0.2, -0.15) is 5.26 Å². The van der Waals surface area contributed by atoms with Crippen LogP contribution in [0, 0.1) is 17.1 Å². The molecule has 0 unspecified atom stereocenters. The highest BCUT2D eigenvalue weighted by Gasteiger charge is 2.12. The zero-order valence-corrected chi connectivity index (χ0v) is 9.98. The molecule has 1 aromatic rings. The summed E-state index contributed by atoms with van der Waals surface area (Å²) in [5, 5.41) is 8.59.